The van der Waals surface area contributed by atoms with Gasteiger partial charge in [0.15, 0.2) is 0 Å². The molecule has 1 aromatic carbocycles. The van der Waals surface area contributed by atoms with Gasteiger partial charge in [-0.1, -0.05) is 0 Å². The monoisotopic (exact) mass is 264 g/mol. The lowest BCUT2D eigenvalue weighted by Crippen LogP contribution is -2.18. The van der Waals surface area contributed by atoms with Crippen LogP contribution in [0.2, 0.25) is 0 Å². The van der Waals surface area contributed by atoms with Gasteiger partial charge in [0.05, 0.1) is 16.9 Å². The molecule has 98 valence electrons. The third-order valence-electron chi connectivity index (χ3n) is 2.40. The number of amides is 1. The number of nitrogens with two attached hydrogens (primary N) is 1. The number of hydrogen-bond donors (Lipinski definition) is 3. The summed E-state index contributed by atoms with van der Waals surface area (Å²) in [6.45, 7) is 0. The zero-order valence-corrected chi connectivity index (χ0v) is 9.65. The van der Waals surface area contributed by atoms with Crippen LogP contribution in [0.3, 0.4) is 0 Å². The molecule has 5 nitrogen and oxygen atoms in total. The molecule has 0 aliphatic carbocycles. The van der Waals surface area contributed by atoms with Crippen molar-refractivity contribution in [3.05, 3.63) is 53.9 Å². The van der Waals surface area contributed by atoms with E-state index in [0.717, 1.165) is 12.1 Å². The van der Waals surface area contributed by atoms with Crippen LogP contribution >= 0.6 is 0 Å². The summed E-state index contributed by atoms with van der Waals surface area (Å²) in [6, 6.07) is 4.36. The van der Waals surface area contributed by atoms with E-state index >= 15 is 0 Å². The van der Waals surface area contributed by atoms with Gasteiger partial charge in [-0.15, -0.1) is 0 Å². The summed E-state index contributed by atoms with van der Waals surface area (Å²) in [5.41, 5.74) is 2.69. The Morgan fingerprint density at radius 3 is 2.68 bits per heavy atom. The fraction of sp³-hybridized carbons (Fsp3) is 0. The fourth-order valence-corrected chi connectivity index (χ4v) is 1.48. The maximum atomic E-state index is 13.4. The molecule has 7 heteroatoms. The fourth-order valence-electron chi connectivity index (χ4n) is 1.48. The molecule has 1 amide bonds. The number of nitrogen functional groups attached to an aromatic ring is 1. The van der Waals surface area contributed by atoms with Crippen LogP contribution in [0.4, 0.5) is 20.2 Å². The number of carbonyl (C=O) groups excluding carboxylic acids is 1. The largest absolute Gasteiger partial charge is 0.323 e. The number of nitrogens with one attached hydrogen (secondary N) is 2. The first-order valence-electron chi connectivity index (χ1n) is 5.29. The standard InChI is InChI=1S/C12H10F2N4O/c13-7-1-2-11(9(14)5-7)17-12(19)8-6-16-4-3-10(8)18-15/h1-6H,15H2,(H,16,18)(H,17,19). The second-order valence-electron chi connectivity index (χ2n) is 3.64. The van der Waals surface area contributed by atoms with E-state index in [2.05, 4.69) is 15.7 Å². The molecule has 19 heavy (non-hydrogen) atoms. The van der Waals surface area contributed by atoms with Crippen LogP contribution in [0.15, 0.2) is 36.7 Å². The maximum absolute atomic E-state index is 13.4. The number of benzene rings is 1. The number of rotatable bonds is 3. The van der Waals surface area contributed by atoms with E-state index in [1.807, 2.05) is 0 Å². The van der Waals surface area contributed by atoms with Crippen LogP contribution < -0.4 is 16.6 Å². The van der Waals surface area contributed by atoms with E-state index in [4.69, 9.17) is 5.84 Å². The highest BCUT2D eigenvalue weighted by atomic mass is 19.1. The molecule has 0 atom stereocenters. The van der Waals surface area contributed by atoms with Crippen LogP contribution in [0.1, 0.15) is 10.4 Å². The van der Waals surface area contributed by atoms with Crippen molar-refractivity contribution in [2.45, 2.75) is 0 Å². The number of hydrazine groups is 1. The zero-order valence-electron chi connectivity index (χ0n) is 9.65. The van der Waals surface area contributed by atoms with Crippen molar-refractivity contribution in [1.29, 1.82) is 0 Å². The number of hydrogen-bond acceptors (Lipinski definition) is 4. The van der Waals surface area contributed by atoms with Crippen LogP contribution in [-0.4, -0.2) is 10.9 Å². The molecular weight excluding hydrogens is 254 g/mol. The molecule has 1 aromatic heterocycles. The highest BCUT2D eigenvalue weighted by Gasteiger charge is 2.13. The molecule has 0 saturated carbocycles. The summed E-state index contributed by atoms with van der Waals surface area (Å²) in [4.78, 5) is 15.7. The van der Waals surface area contributed by atoms with Gasteiger partial charge in [0.25, 0.3) is 5.91 Å². The molecule has 0 fully saturated rings. The zero-order chi connectivity index (χ0) is 13.8. The van der Waals surface area contributed by atoms with Crippen molar-refractivity contribution in [3.63, 3.8) is 0 Å². The SMILES string of the molecule is NNc1ccncc1C(=O)Nc1ccc(F)cc1F. The van der Waals surface area contributed by atoms with E-state index in [-0.39, 0.29) is 11.3 Å². The molecule has 0 spiro atoms. The predicted octanol–water partition coefficient (Wildman–Crippen LogP) is 1.90. The Bertz CT molecular complexity index is 618. The topological polar surface area (TPSA) is 80.0 Å². The molecule has 4 N–H and O–H groups in total. The van der Waals surface area contributed by atoms with Gasteiger partial charge in [-0.25, -0.2) is 8.78 Å². The molecule has 1 heterocycles. The average molecular weight is 264 g/mol. The van der Waals surface area contributed by atoms with Gasteiger partial charge >= 0.3 is 0 Å². The van der Waals surface area contributed by atoms with E-state index < -0.39 is 17.5 Å². The number of anilines is 2. The number of aromatic nitrogens is 1. The first-order valence-corrected chi connectivity index (χ1v) is 5.29. The molecule has 0 saturated heterocycles. The van der Waals surface area contributed by atoms with E-state index in [1.165, 1.54) is 18.5 Å². The van der Waals surface area contributed by atoms with Crippen molar-refractivity contribution in [1.82, 2.24) is 4.98 Å². The number of nitrogens with zero attached hydrogens (tertiary/aromatic N) is 1. The number of pyridine rings is 1. The summed E-state index contributed by atoms with van der Waals surface area (Å²) in [5, 5.41) is 2.31. The highest BCUT2D eigenvalue weighted by Crippen LogP contribution is 2.18. The first kappa shape index (κ1) is 12.9. The lowest BCUT2D eigenvalue weighted by atomic mass is 10.2. The smallest absolute Gasteiger partial charge is 0.259 e. The van der Waals surface area contributed by atoms with Crippen molar-refractivity contribution in [2.24, 2.45) is 5.84 Å². The quantitative estimate of drug-likeness (QED) is 0.584. The van der Waals surface area contributed by atoms with E-state index in [9.17, 15) is 13.6 Å². The molecule has 2 aromatic rings. The molecule has 0 aliphatic rings. The van der Waals surface area contributed by atoms with E-state index in [1.54, 1.807) is 0 Å². The summed E-state index contributed by atoms with van der Waals surface area (Å²) in [7, 11) is 0. The molecular formula is C12H10F2N4O. The van der Waals surface area contributed by atoms with E-state index in [0.29, 0.717) is 11.8 Å². The summed E-state index contributed by atoms with van der Waals surface area (Å²) in [6.07, 6.45) is 2.73. The molecule has 0 aliphatic heterocycles. The Kier molecular flexibility index (Phi) is 3.67. The van der Waals surface area contributed by atoms with Crippen LogP contribution in [0.25, 0.3) is 0 Å². The van der Waals surface area contributed by atoms with Crippen LogP contribution in [-0.2, 0) is 0 Å². The normalized spacial score (nSPS) is 10.1. The lowest BCUT2D eigenvalue weighted by Gasteiger charge is -2.09. The lowest BCUT2D eigenvalue weighted by molar-refractivity contribution is 0.102. The number of halogens is 2. The van der Waals surface area contributed by atoms with Gasteiger partial charge in [-0.2, -0.15) is 0 Å². The minimum atomic E-state index is -0.862. The van der Waals surface area contributed by atoms with Crippen LogP contribution in [0.5, 0.6) is 0 Å². The molecule has 0 bridgehead atoms. The summed E-state index contributed by atoms with van der Waals surface area (Å²) >= 11 is 0. The van der Waals surface area contributed by atoms with Gasteiger partial charge in [0.2, 0.25) is 0 Å². The molecule has 0 unspecified atom stereocenters. The minimum absolute atomic E-state index is 0.127. The Morgan fingerprint density at radius 1 is 1.21 bits per heavy atom. The summed E-state index contributed by atoms with van der Waals surface area (Å²) in [5.74, 6) is 3.06. The minimum Gasteiger partial charge on any atom is -0.323 e. The second-order valence-corrected chi connectivity index (χ2v) is 3.64. The van der Waals surface area contributed by atoms with Gasteiger partial charge in [-0.05, 0) is 18.2 Å². The predicted molar refractivity (Wildman–Crippen MR) is 66.4 cm³/mol. The van der Waals surface area contributed by atoms with Crippen molar-refractivity contribution in [2.75, 3.05) is 10.7 Å². The molecule has 2 rings (SSSR count). The van der Waals surface area contributed by atoms with Gasteiger partial charge in [0, 0.05) is 18.5 Å². The van der Waals surface area contributed by atoms with Crippen molar-refractivity contribution < 1.29 is 13.6 Å². The van der Waals surface area contributed by atoms with Crippen LogP contribution in [0, 0.1) is 11.6 Å². The maximum Gasteiger partial charge on any atom is 0.259 e. The van der Waals surface area contributed by atoms with Gasteiger partial charge in [-0.3, -0.25) is 15.6 Å². The Morgan fingerprint density at radius 2 is 2.00 bits per heavy atom. The Labute approximate surface area is 107 Å². The van der Waals surface area contributed by atoms with Crippen molar-refractivity contribution in [3.8, 4) is 0 Å². The second kappa shape index (κ2) is 5.40. The van der Waals surface area contributed by atoms with Gasteiger partial charge in [0.1, 0.15) is 11.6 Å². The Hall–Kier alpha value is -2.54. The van der Waals surface area contributed by atoms with Gasteiger partial charge < -0.3 is 10.7 Å². The highest BCUT2D eigenvalue weighted by molar-refractivity contribution is 6.07. The van der Waals surface area contributed by atoms with Crippen molar-refractivity contribution >= 4 is 17.3 Å². The third-order valence-corrected chi connectivity index (χ3v) is 2.40. The number of carbonyl (C=O) groups is 1. The summed E-state index contributed by atoms with van der Waals surface area (Å²) < 4.78 is 26.1. The third kappa shape index (κ3) is 2.83. The molecule has 0 radical (unpaired) electrons. The Balaban J connectivity index is 2.26. The average Bonchev–Trinajstić information content (AvgIpc) is 2.41. The first-order chi connectivity index (χ1) is 9.11.